The van der Waals surface area contributed by atoms with Crippen LogP contribution in [-0.4, -0.2) is 41.8 Å². The summed E-state index contributed by atoms with van der Waals surface area (Å²) in [6.07, 6.45) is 2.64. The number of nitrogens with two attached hydrogens (primary N) is 1. The number of carbonyl (C=O) groups is 2. The lowest BCUT2D eigenvalue weighted by molar-refractivity contribution is -0.131. The van der Waals surface area contributed by atoms with Crippen molar-refractivity contribution in [2.45, 2.75) is 12.8 Å². The number of rotatable bonds is 7. The Hall–Kier alpha value is -2.89. The van der Waals surface area contributed by atoms with Crippen LogP contribution in [0.25, 0.3) is 0 Å². The highest BCUT2D eigenvalue weighted by atomic mass is 16.2. The molecule has 0 bridgehead atoms. The Bertz CT molecular complexity index is 671. The zero-order valence-electron chi connectivity index (χ0n) is 13.7. The van der Waals surface area contributed by atoms with E-state index in [0.717, 1.165) is 11.3 Å². The van der Waals surface area contributed by atoms with E-state index in [-0.39, 0.29) is 24.8 Å². The monoisotopic (exact) mass is 326 g/mol. The summed E-state index contributed by atoms with van der Waals surface area (Å²) in [7, 11) is 1.72. The zero-order valence-corrected chi connectivity index (χ0v) is 13.7. The topological polar surface area (TPSA) is 88.3 Å². The van der Waals surface area contributed by atoms with E-state index in [2.05, 4.69) is 10.3 Å². The van der Waals surface area contributed by atoms with Crippen LogP contribution in [0.5, 0.6) is 0 Å². The third-order valence-corrected chi connectivity index (χ3v) is 3.64. The zero-order chi connectivity index (χ0) is 17.4. The SMILES string of the molecule is CN(CCc1ccccn1)C(=O)CNC(=O)Cc1ccc(N)cc1. The van der Waals surface area contributed by atoms with Gasteiger partial charge >= 0.3 is 0 Å². The lowest BCUT2D eigenvalue weighted by atomic mass is 10.1. The Kier molecular flexibility index (Phi) is 6.31. The summed E-state index contributed by atoms with van der Waals surface area (Å²) in [4.78, 5) is 29.7. The number of nitrogen functional groups attached to an aromatic ring is 1. The molecule has 1 heterocycles. The highest BCUT2D eigenvalue weighted by molar-refractivity contribution is 5.85. The van der Waals surface area contributed by atoms with Crippen LogP contribution in [0, 0.1) is 0 Å². The number of amides is 2. The Morgan fingerprint density at radius 1 is 1.17 bits per heavy atom. The van der Waals surface area contributed by atoms with E-state index in [1.54, 1.807) is 42.4 Å². The Balaban J connectivity index is 1.71. The molecule has 0 saturated heterocycles. The fourth-order valence-electron chi connectivity index (χ4n) is 2.15. The summed E-state index contributed by atoms with van der Waals surface area (Å²) < 4.78 is 0. The molecule has 126 valence electrons. The molecule has 0 aliphatic heterocycles. The van der Waals surface area contributed by atoms with Crippen LogP contribution in [0.1, 0.15) is 11.3 Å². The lowest BCUT2D eigenvalue weighted by Crippen LogP contribution is -2.39. The second kappa shape index (κ2) is 8.67. The molecule has 0 unspecified atom stereocenters. The van der Waals surface area contributed by atoms with Crippen molar-refractivity contribution in [1.29, 1.82) is 0 Å². The number of likely N-dealkylation sites (N-methyl/N-ethyl adjacent to an activating group) is 1. The highest BCUT2D eigenvalue weighted by Gasteiger charge is 2.11. The summed E-state index contributed by atoms with van der Waals surface area (Å²) in [5.74, 6) is -0.317. The van der Waals surface area contributed by atoms with E-state index in [1.165, 1.54) is 0 Å². The molecule has 0 saturated carbocycles. The normalized spacial score (nSPS) is 10.2. The van der Waals surface area contributed by atoms with Gasteiger partial charge in [0, 0.05) is 37.6 Å². The van der Waals surface area contributed by atoms with E-state index >= 15 is 0 Å². The van der Waals surface area contributed by atoms with Crippen molar-refractivity contribution in [1.82, 2.24) is 15.2 Å². The van der Waals surface area contributed by atoms with Crippen LogP contribution in [0.2, 0.25) is 0 Å². The first-order chi connectivity index (χ1) is 11.5. The number of nitrogens with zero attached hydrogens (tertiary/aromatic N) is 2. The molecule has 0 spiro atoms. The van der Waals surface area contributed by atoms with Crippen molar-refractivity contribution in [2.24, 2.45) is 0 Å². The quantitative estimate of drug-likeness (QED) is 0.744. The van der Waals surface area contributed by atoms with E-state index in [9.17, 15) is 9.59 Å². The van der Waals surface area contributed by atoms with Crippen molar-refractivity contribution < 1.29 is 9.59 Å². The lowest BCUT2D eigenvalue weighted by Gasteiger charge is -2.17. The number of anilines is 1. The molecule has 0 fully saturated rings. The molecule has 0 radical (unpaired) electrons. The number of pyridine rings is 1. The number of carbonyl (C=O) groups excluding carboxylic acids is 2. The Morgan fingerprint density at radius 2 is 1.92 bits per heavy atom. The minimum atomic E-state index is -0.189. The molecule has 6 nitrogen and oxygen atoms in total. The first kappa shape index (κ1) is 17.5. The molecule has 2 amide bonds. The van der Waals surface area contributed by atoms with Crippen molar-refractivity contribution in [3.8, 4) is 0 Å². The molecular formula is C18H22N4O2. The van der Waals surface area contributed by atoms with Gasteiger partial charge in [0.1, 0.15) is 0 Å². The maximum absolute atomic E-state index is 12.0. The van der Waals surface area contributed by atoms with Gasteiger partial charge in [0.05, 0.1) is 13.0 Å². The summed E-state index contributed by atoms with van der Waals surface area (Å²) in [5, 5.41) is 2.65. The van der Waals surface area contributed by atoms with Gasteiger partial charge in [-0.1, -0.05) is 18.2 Å². The van der Waals surface area contributed by atoms with Crippen LogP contribution in [0.4, 0.5) is 5.69 Å². The van der Waals surface area contributed by atoms with Crippen molar-refractivity contribution in [3.05, 3.63) is 59.9 Å². The molecule has 24 heavy (non-hydrogen) atoms. The number of aromatic nitrogens is 1. The van der Waals surface area contributed by atoms with Gasteiger partial charge < -0.3 is 16.0 Å². The predicted octanol–water partition coefficient (Wildman–Crippen LogP) is 1.02. The molecule has 0 aliphatic carbocycles. The predicted molar refractivity (Wildman–Crippen MR) is 93.1 cm³/mol. The van der Waals surface area contributed by atoms with Crippen molar-refractivity contribution >= 4 is 17.5 Å². The molecule has 0 atom stereocenters. The first-order valence-corrected chi connectivity index (χ1v) is 7.79. The van der Waals surface area contributed by atoms with Crippen molar-refractivity contribution in [3.63, 3.8) is 0 Å². The maximum atomic E-state index is 12.0. The van der Waals surface area contributed by atoms with Crippen LogP contribution in [0.3, 0.4) is 0 Å². The maximum Gasteiger partial charge on any atom is 0.241 e. The minimum Gasteiger partial charge on any atom is -0.399 e. The van der Waals surface area contributed by atoms with E-state index in [4.69, 9.17) is 5.73 Å². The van der Waals surface area contributed by atoms with E-state index in [1.807, 2.05) is 18.2 Å². The smallest absolute Gasteiger partial charge is 0.241 e. The Morgan fingerprint density at radius 3 is 2.58 bits per heavy atom. The van der Waals surface area contributed by atoms with E-state index < -0.39 is 0 Å². The van der Waals surface area contributed by atoms with Crippen LogP contribution in [-0.2, 0) is 22.4 Å². The summed E-state index contributed by atoms with van der Waals surface area (Å²) in [6, 6.07) is 12.8. The second-order valence-electron chi connectivity index (χ2n) is 5.58. The van der Waals surface area contributed by atoms with Gasteiger partial charge in [0.25, 0.3) is 0 Å². The standard InChI is InChI=1S/C18H22N4O2/c1-22(11-9-16-4-2-3-10-20-16)18(24)13-21-17(23)12-14-5-7-15(19)8-6-14/h2-8,10H,9,11-13,19H2,1H3,(H,21,23). The molecule has 2 rings (SSSR count). The third kappa shape index (κ3) is 5.72. The van der Waals surface area contributed by atoms with Crippen LogP contribution in [0.15, 0.2) is 48.7 Å². The first-order valence-electron chi connectivity index (χ1n) is 7.79. The fraction of sp³-hybridized carbons (Fsp3) is 0.278. The largest absolute Gasteiger partial charge is 0.399 e. The second-order valence-corrected chi connectivity index (χ2v) is 5.58. The van der Waals surface area contributed by atoms with Gasteiger partial charge in [-0.3, -0.25) is 14.6 Å². The number of benzene rings is 1. The van der Waals surface area contributed by atoms with Crippen LogP contribution < -0.4 is 11.1 Å². The number of hydrogen-bond acceptors (Lipinski definition) is 4. The van der Waals surface area contributed by atoms with Gasteiger partial charge in [0.15, 0.2) is 0 Å². The van der Waals surface area contributed by atoms with Crippen molar-refractivity contribution in [2.75, 3.05) is 25.9 Å². The van der Waals surface area contributed by atoms with Gasteiger partial charge in [-0.05, 0) is 29.8 Å². The van der Waals surface area contributed by atoms with Gasteiger partial charge in [-0.15, -0.1) is 0 Å². The van der Waals surface area contributed by atoms with Crippen LogP contribution >= 0.6 is 0 Å². The highest BCUT2D eigenvalue weighted by Crippen LogP contribution is 2.05. The summed E-state index contributed by atoms with van der Waals surface area (Å²) >= 11 is 0. The minimum absolute atomic E-state index is 0.00742. The number of nitrogens with one attached hydrogen (secondary N) is 1. The fourth-order valence-corrected chi connectivity index (χ4v) is 2.15. The Labute approximate surface area is 141 Å². The average molecular weight is 326 g/mol. The van der Waals surface area contributed by atoms with Gasteiger partial charge in [-0.25, -0.2) is 0 Å². The summed E-state index contributed by atoms with van der Waals surface area (Å²) in [6.45, 7) is 0.552. The summed E-state index contributed by atoms with van der Waals surface area (Å²) in [5.41, 5.74) is 8.05. The molecule has 0 aliphatic rings. The van der Waals surface area contributed by atoms with Gasteiger partial charge in [0.2, 0.25) is 11.8 Å². The van der Waals surface area contributed by atoms with E-state index in [0.29, 0.717) is 18.7 Å². The molecule has 3 N–H and O–H groups in total. The third-order valence-electron chi connectivity index (χ3n) is 3.64. The number of hydrogen-bond donors (Lipinski definition) is 2. The molecule has 6 heteroatoms. The molecular weight excluding hydrogens is 304 g/mol. The molecule has 2 aromatic rings. The average Bonchev–Trinajstić information content (AvgIpc) is 2.60. The molecule has 1 aromatic carbocycles. The molecule has 1 aromatic heterocycles. The van der Waals surface area contributed by atoms with Gasteiger partial charge in [-0.2, -0.15) is 0 Å².